The van der Waals surface area contributed by atoms with Crippen LogP contribution in [-0.2, 0) is 21.1 Å². The van der Waals surface area contributed by atoms with Gasteiger partial charge >= 0.3 is 21.1 Å². The van der Waals surface area contributed by atoms with E-state index in [2.05, 4.69) is 99.6 Å². The van der Waals surface area contributed by atoms with E-state index in [0.717, 1.165) is 49.7 Å². The second kappa shape index (κ2) is 8.94. The predicted octanol–water partition coefficient (Wildman–Crippen LogP) is 8.05. The zero-order chi connectivity index (χ0) is 24.4. The quantitative estimate of drug-likeness (QED) is 0.176. The minimum atomic E-state index is 0. The molecule has 3 heterocycles. The van der Waals surface area contributed by atoms with Gasteiger partial charge in [0, 0.05) is 17.3 Å². The summed E-state index contributed by atoms with van der Waals surface area (Å²) < 4.78 is 2.05. The zero-order valence-electron chi connectivity index (χ0n) is 20.7. The van der Waals surface area contributed by atoms with E-state index < -0.39 is 0 Å². The van der Waals surface area contributed by atoms with Crippen LogP contribution in [-0.4, -0.2) is 14.6 Å². The average molecular weight is 657 g/mol. The van der Waals surface area contributed by atoms with Crippen molar-refractivity contribution < 1.29 is 21.1 Å². The van der Waals surface area contributed by atoms with Gasteiger partial charge in [-0.25, -0.2) is 0 Å². The van der Waals surface area contributed by atoms with Crippen LogP contribution in [0.5, 0.6) is 0 Å². The van der Waals surface area contributed by atoms with Crippen molar-refractivity contribution >= 4 is 38.1 Å². The third-order valence-electron chi connectivity index (χ3n) is 7.03. The first-order valence-corrected chi connectivity index (χ1v) is 12.2. The topological polar surface area (TPSA) is 30.2 Å². The SMILES string of the molecule is Cc1c[c-]c2c(c1)c(C)cc1c3cc(C)cc(-c4[c-]c(-c5nccc6ccccc56)ccc4)c3nn21.[Pt+2]. The molecule has 0 radical (unpaired) electrons. The third-order valence-corrected chi connectivity index (χ3v) is 7.03. The first-order valence-electron chi connectivity index (χ1n) is 12.2. The van der Waals surface area contributed by atoms with Crippen molar-refractivity contribution in [3.63, 3.8) is 0 Å². The van der Waals surface area contributed by atoms with E-state index in [-0.39, 0.29) is 21.1 Å². The molecule has 0 spiro atoms. The molecule has 0 saturated heterocycles. The van der Waals surface area contributed by atoms with Crippen LogP contribution in [0, 0.1) is 32.9 Å². The summed E-state index contributed by atoms with van der Waals surface area (Å²) in [6.45, 7) is 6.42. The summed E-state index contributed by atoms with van der Waals surface area (Å²) in [5, 5.41) is 9.77. The van der Waals surface area contributed by atoms with Crippen molar-refractivity contribution in [3.8, 4) is 22.4 Å². The molecule has 180 valence electrons. The molecule has 7 rings (SSSR count). The van der Waals surface area contributed by atoms with Crippen LogP contribution in [0.1, 0.15) is 16.7 Å². The number of fused-ring (bicyclic) bond motifs is 6. The molecule has 0 bridgehead atoms. The number of aryl methyl sites for hydroxylation is 3. The van der Waals surface area contributed by atoms with Crippen LogP contribution >= 0.6 is 0 Å². The van der Waals surface area contributed by atoms with Gasteiger partial charge in [-0.1, -0.05) is 66.4 Å². The number of aromatic nitrogens is 3. The average Bonchev–Trinajstić information content (AvgIpc) is 3.26. The van der Waals surface area contributed by atoms with Crippen LogP contribution in [0.3, 0.4) is 0 Å². The van der Waals surface area contributed by atoms with Crippen molar-refractivity contribution in [1.29, 1.82) is 0 Å². The van der Waals surface area contributed by atoms with Gasteiger partial charge in [-0.3, -0.25) is 9.50 Å². The smallest absolute Gasteiger partial charge is 0.294 e. The van der Waals surface area contributed by atoms with Gasteiger partial charge in [0.15, 0.2) is 0 Å². The van der Waals surface area contributed by atoms with E-state index in [0.29, 0.717) is 0 Å². The van der Waals surface area contributed by atoms with Gasteiger partial charge in [-0.15, -0.1) is 35.2 Å². The molecule has 0 aliphatic carbocycles. The summed E-state index contributed by atoms with van der Waals surface area (Å²) in [5.41, 5.74) is 10.7. The molecule has 0 saturated carbocycles. The maximum Gasteiger partial charge on any atom is 2.00 e. The molecule has 0 aliphatic heterocycles. The van der Waals surface area contributed by atoms with Gasteiger partial charge in [0.2, 0.25) is 0 Å². The van der Waals surface area contributed by atoms with E-state index in [1.165, 1.54) is 27.5 Å². The summed E-state index contributed by atoms with van der Waals surface area (Å²) in [4.78, 5) is 4.72. The van der Waals surface area contributed by atoms with Crippen LogP contribution in [0.25, 0.3) is 60.5 Å². The minimum absolute atomic E-state index is 0. The molecule has 0 amide bonds. The van der Waals surface area contributed by atoms with Gasteiger partial charge in [0.1, 0.15) is 0 Å². The van der Waals surface area contributed by atoms with E-state index in [4.69, 9.17) is 10.1 Å². The Labute approximate surface area is 230 Å². The number of pyridine rings is 2. The van der Waals surface area contributed by atoms with Crippen molar-refractivity contribution in [2.75, 3.05) is 0 Å². The van der Waals surface area contributed by atoms with Crippen molar-refractivity contribution in [2.24, 2.45) is 0 Å². The van der Waals surface area contributed by atoms with Gasteiger partial charge in [-0.05, 0) is 41.4 Å². The Morgan fingerprint density at radius 2 is 1.57 bits per heavy atom. The summed E-state index contributed by atoms with van der Waals surface area (Å²) >= 11 is 0. The fraction of sp³-hybridized carbons (Fsp3) is 0.0909. The van der Waals surface area contributed by atoms with E-state index in [1.807, 2.05) is 22.8 Å². The Kier molecular flexibility index (Phi) is 5.70. The number of hydrogen-bond acceptors (Lipinski definition) is 2. The molecule has 0 aliphatic rings. The molecule has 4 heteroatoms. The van der Waals surface area contributed by atoms with Crippen molar-refractivity contribution in [1.82, 2.24) is 14.6 Å². The Bertz CT molecular complexity index is 1980. The Morgan fingerprint density at radius 1 is 0.757 bits per heavy atom. The molecule has 0 atom stereocenters. The van der Waals surface area contributed by atoms with Crippen LogP contribution in [0.2, 0.25) is 0 Å². The van der Waals surface area contributed by atoms with Crippen LogP contribution < -0.4 is 0 Å². The summed E-state index contributed by atoms with van der Waals surface area (Å²) in [6, 6.07) is 34.8. The van der Waals surface area contributed by atoms with E-state index in [1.54, 1.807) is 0 Å². The Morgan fingerprint density at radius 3 is 2.46 bits per heavy atom. The van der Waals surface area contributed by atoms with Crippen molar-refractivity contribution in [2.45, 2.75) is 20.8 Å². The molecule has 7 aromatic rings. The van der Waals surface area contributed by atoms with E-state index in [9.17, 15) is 0 Å². The molecule has 37 heavy (non-hydrogen) atoms. The summed E-state index contributed by atoms with van der Waals surface area (Å²) in [7, 11) is 0. The molecule has 4 aromatic carbocycles. The second-order valence-corrected chi connectivity index (χ2v) is 9.63. The van der Waals surface area contributed by atoms with Crippen LogP contribution in [0.4, 0.5) is 0 Å². The number of rotatable bonds is 2. The number of hydrogen-bond donors (Lipinski definition) is 0. The first kappa shape index (κ1) is 23.6. The van der Waals surface area contributed by atoms with Gasteiger partial charge in [0.25, 0.3) is 0 Å². The first-order chi connectivity index (χ1) is 17.6. The molecule has 0 N–H and O–H groups in total. The van der Waals surface area contributed by atoms with E-state index >= 15 is 0 Å². The Balaban J connectivity index is 0.00000252. The third kappa shape index (κ3) is 3.77. The maximum absolute atomic E-state index is 5.13. The normalized spacial score (nSPS) is 11.4. The summed E-state index contributed by atoms with van der Waals surface area (Å²) in [5.74, 6) is 0. The largest absolute Gasteiger partial charge is 2.00 e. The molecule has 3 nitrogen and oxygen atoms in total. The standard InChI is InChI=1S/C33H23N3.Pt/c1-20-11-12-30-27(15-20)22(3)18-31-29-17-21(2)16-28(33(29)35-36(30)31)24-8-6-9-25(19-24)32-26-10-5-4-7-23(26)13-14-34-32;/h4-11,13-18H,1-3H3;/q-2;+2. The number of nitrogens with zero attached hydrogens (tertiary/aromatic N) is 3. The monoisotopic (exact) mass is 656 g/mol. The van der Waals surface area contributed by atoms with Gasteiger partial charge in [0.05, 0.1) is 11.0 Å². The Hall–Kier alpha value is -3.81. The minimum Gasteiger partial charge on any atom is -0.294 e. The predicted molar refractivity (Wildman–Crippen MR) is 148 cm³/mol. The van der Waals surface area contributed by atoms with Gasteiger partial charge in [-0.2, -0.15) is 28.9 Å². The molecule has 3 aromatic heterocycles. The fourth-order valence-corrected chi connectivity index (χ4v) is 5.32. The number of benzene rings is 4. The summed E-state index contributed by atoms with van der Waals surface area (Å²) in [6.07, 6.45) is 1.87. The van der Waals surface area contributed by atoms with Crippen molar-refractivity contribution in [3.05, 3.63) is 114 Å². The molecular weight excluding hydrogens is 633 g/mol. The molecule has 0 fully saturated rings. The molecule has 0 unspecified atom stereocenters. The zero-order valence-corrected chi connectivity index (χ0v) is 23.0. The second-order valence-electron chi connectivity index (χ2n) is 9.63. The maximum atomic E-state index is 5.13. The van der Waals surface area contributed by atoms with Gasteiger partial charge < -0.3 is 0 Å². The molecular formula is C33H23N3Pt. The fourth-order valence-electron chi connectivity index (χ4n) is 5.32. The van der Waals surface area contributed by atoms with Crippen LogP contribution in [0.15, 0.2) is 85.1 Å².